The van der Waals surface area contributed by atoms with Gasteiger partial charge in [-0.15, -0.1) is 0 Å². The summed E-state index contributed by atoms with van der Waals surface area (Å²) in [5.74, 6) is 0.634. The molecule has 1 saturated carbocycles. The number of aromatic amines is 1. The van der Waals surface area contributed by atoms with Gasteiger partial charge in [-0.25, -0.2) is 9.97 Å². The number of ether oxygens (including phenoxy) is 1. The summed E-state index contributed by atoms with van der Waals surface area (Å²) in [6.45, 7) is 0. The molecule has 0 radical (unpaired) electrons. The lowest BCUT2D eigenvalue weighted by Gasteiger charge is -2.23. The summed E-state index contributed by atoms with van der Waals surface area (Å²) in [4.78, 5) is 34.9. The van der Waals surface area contributed by atoms with Gasteiger partial charge in [-0.2, -0.15) is 13.2 Å². The van der Waals surface area contributed by atoms with Crippen molar-refractivity contribution < 1.29 is 27.5 Å². The zero-order valence-electron chi connectivity index (χ0n) is 17.2. The molecule has 2 heterocycles. The molecule has 1 aromatic carbocycles. The Hall–Kier alpha value is -3.43. The number of rotatable bonds is 5. The molecule has 2 aromatic heterocycles. The van der Waals surface area contributed by atoms with Crippen LogP contribution in [0.25, 0.3) is 11.0 Å². The number of pyridine rings is 1. The first-order valence-electron chi connectivity index (χ1n) is 10.2. The summed E-state index contributed by atoms with van der Waals surface area (Å²) in [5.41, 5.74) is 0.0773. The summed E-state index contributed by atoms with van der Waals surface area (Å²) in [6.07, 6.45) is -0.298. The summed E-state index contributed by atoms with van der Waals surface area (Å²) < 4.78 is 44.1. The Labute approximate surface area is 181 Å². The van der Waals surface area contributed by atoms with Crippen LogP contribution in [0.4, 0.5) is 18.9 Å². The normalized spacial score (nSPS) is 19.0. The number of aldehydes is 1. The van der Waals surface area contributed by atoms with Crippen molar-refractivity contribution in [3.63, 3.8) is 0 Å². The van der Waals surface area contributed by atoms with Crippen molar-refractivity contribution in [2.45, 2.75) is 37.8 Å². The number of hydrogen-bond donors (Lipinski definition) is 2. The Morgan fingerprint density at radius 1 is 1.19 bits per heavy atom. The number of amides is 1. The number of aromatic nitrogens is 3. The highest BCUT2D eigenvalue weighted by atomic mass is 19.4. The first kappa shape index (κ1) is 21.8. The van der Waals surface area contributed by atoms with Gasteiger partial charge in [-0.1, -0.05) is 6.07 Å². The lowest BCUT2D eigenvalue weighted by molar-refractivity contribution is -0.141. The fourth-order valence-electron chi connectivity index (χ4n) is 3.95. The van der Waals surface area contributed by atoms with Gasteiger partial charge in [0.05, 0.1) is 23.8 Å². The van der Waals surface area contributed by atoms with Gasteiger partial charge in [-0.05, 0) is 43.9 Å². The molecule has 0 atom stereocenters. The molecular formula is C22H21F3N4O3. The van der Waals surface area contributed by atoms with E-state index in [1.807, 2.05) is 0 Å². The summed E-state index contributed by atoms with van der Waals surface area (Å²) >= 11 is 0. The average Bonchev–Trinajstić information content (AvgIpc) is 3.21. The van der Waals surface area contributed by atoms with Crippen molar-refractivity contribution in [2.75, 3.05) is 12.4 Å². The Kier molecular flexibility index (Phi) is 5.86. The largest absolute Gasteiger partial charge is 0.494 e. The minimum Gasteiger partial charge on any atom is -0.494 e. The van der Waals surface area contributed by atoms with Crippen molar-refractivity contribution in [1.82, 2.24) is 15.0 Å². The smallest absolute Gasteiger partial charge is 0.433 e. The third kappa shape index (κ3) is 4.44. The molecule has 1 fully saturated rings. The maximum absolute atomic E-state index is 12.9. The molecule has 10 heteroatoms. The summed E-state index contributed by atoms with van der Waals surface area (Å²) in [7, 11) is 1.42. The van der Waals surface area contributed by atoms with Crippen molar-refractivity contribution in [3.05, 3.63) is 47.5 Å². The van der Waals surface area contributed by atoms with Crippen molar-refractivity contribution in [3.8, 4) is 5.75 Å². The SMILES string of the molecule is COc1cc2nc(C3CCC(C=O)CC3)[nH]c2cc1NC(=O)c1cccc(C(F)(F)F)n1. The minimum absolute atomic E-state index is 0.0991. The van der Waals surface area contributed by atoms with Gasteiger partial charge in [0.2, 0.25) is 0 Å². The molecule has 3 aromatic rings. The zero-order chi connectivity index (χ0) is 22.9. The maximum atomic E-state index is 12.9. The molecule has 7 nitrogen and oxygen atoms in total. The van der Waals surface area contributed by atoms with Crippen LogP contribution in [0.1, 0.15) is 53.6 Å². The number of methoxy groups -OCH3 is 1. The maximum Gasteiger partial charge on any atom is 0.433 e. The van der Waals surface area contributed by atoms with Crippen molar-refractivity contribution in [2.24, 2.45) is 5.92 Å². The van der Waals surface area contributed by atoms with Crippen LogP contribution in [0.2, 0.25) is 0 Å². The predicted octanol–water partition coefficient (Wildman–Crippen LogP) is 4.71. The topological polar surface area (TPSA) is 97.0 Å². The number of carbonyl (C=O) groups excluding carboxylic acids is 2. The van der Waals surface area contributed by atoms with Crippen LogP contribution < -0.4 is 10.1 Å². The van der Waals surface area contributed by atoms with Gasteiger partial charge in [0.25, 0.3) is 5.91 Å². The lowest BCUT2D eigenvalue weighted by Crippen LogP contribution is -2.17. The molecule has 1 aliphatic rings. The standard InChI is InChI=1S/C22H21F3N4O3/c1-32-18-10-16-15(27-20(28-16)13-7-5-12(11-30)6-8-13)9-17(18)29-21(31)14-3-2-4-19(26-14)22(23,24)25/h2-4,9-13H,5-8H2,1H3,(H,27,28)(H,29,31). The summed E-state index contributed by atoms with van der Waals surface area (Å²) in [6, 6.07) is 6.43. The highest BCUT2D eigenvalue weighted by Crippen LogP contribution is 2.36. The van der Waals surface area contributed by atoms with E-state index in [4.69, 9.17) is 4.74 Å². The van der Waals surface area contributed by atoms with Gasteiger partial charge < -0.3 is 19.8 Å². The fraction of sp³-hybridized carbons (Fsp3) is 0.364. The molecule has 0 saturated heterocycles. The number of nitrogens with zero attached hydrogens (tertiary/aromatic N) is 2. The Balaban J connectivity index is 1.59. The highest BCUT2D eigenvalue weighted by molar-refractivity contribution is 6.04. The Morgan fingerprint density at radius 2 is 1.94 bits per heavy atom. The molecule has 1 amide bonds. The number of hydrogen-bond acceptors (Lipinski definition) is 5. The molecule has 4 rings (SSSR count). The van der Waals surface area contributed by atoms with E-state index < -0.39 is 17.8 Å². The van der Waals surface area contributed by atoms with E-state index in [2.05, 4.69) is 20.3 Å². The Bertz CT molecular complexity index is 1150. The van der Waals surface area contributed by atoms with E-state index in [0.29, 0.717) is 16.8 Å². The first-order valence-corrected chi connectivity index (χ1v) is 10.2. The molecule has 0 aliphatic heterocycles. The van der Waals surface area contributed by atoms with Crippen LogP contribution in [0, 0.1) is 5.92 Å². The number of anilines is 1. The lowest BCUT2D eigenvalue weighted by atomic mass is 9.82. The van der Waals surface area contributed by atoms with Gasteiger partial charge in [0.15, 0.2) is 0 Å². The third-order valence-corrected chi connectivity index (χ3v) is 5.69. The molecule has 1 aliphatic carbocycles. The molecule has 0 unspecified atom stereocenters. The van der Waals surface area contributed by atoms with E-state index in [0.717, 1.165) is 49.9 Å². The number of carbonyl (C=O) groups is 2. The second-order valence-corrected chi connectivity index (χ2v) is 7.80. The number of imidazole rings is 1. The number of benzene rings is 1. The van der Waals surface area contributed by atoms with E-state index >= 15 is 0 Å². The number of fused-ring (bicyclic) bond motifs is 1. The molecular weight excluding hydrogens is 425 g/mol. The van der Waals surface area contributed by atoms with E-state index in [1.165, 1.54) is 13.2 Å². The van der Waals surface area contributed by atoms with Crippen molar-refractivity contribution >= 4 is 28.9 Å². The highest BCUT2D eigenvalue weighted by Gasteiger charge is 2.33. The average molecular weight is 446 g/mol. The molecule has 2 N–H and O–H groups in total. The van der Waals surface area contributed by atoms with Crippen LogP contribution in [-0.4, -0.2) is 34.3 Å². The van der Waals surface area contributed by atoms with E-state index in [1.54, 1.807) is 12.1 Å². The molecule has 168 valence electrons. The van der Waals surface area contributed by atoms with Gasteiger partial charge in [0, 0.05) is 17.9 Å². The minimum atomic E-state index is -4.65. The number of alkyl halides is 3. The first-order chi connectivity index (χ1) is 15.3. The third-order valence-electron chi connectivity index (χ3n) is 5.69. The van der Waals surface area contributed by atoms with Gasteiger partial charge in [0.1, 0.15) is 29.2 Å². The van der Waals surface area contributed by atoms with Crippen LogP contribution in [-0.2, 0) is 11.0 Å². The van der Waals surface area contributed by atoms with E-state index in [9.17, 15) is 22.8 Å². The number of H-pyrrole nitrogens is 1. The van der Waals surface area contributed by atoms with Crippen LogP contribution in [0.3, 0.4) is 0 Å². The molecule has 0 bridgehead atoms. The second kappa shape index (κ2) is 8.60. The number of nitrogens with one attached hydrogen (secondary N) is 2. The molecule has 0 spiro atoms. The predicted molar refractivity (Wildman–Crippen MR) is 111 cm³/mol. The summed E-state index contributed by atoms with van der Waals surface area (Å²) in [5, 5.41) is 2.57. The van der Waals surface area contributed by atoms with Gasteiger partial charge >= 0.3 is 6.18 Å². The van der Waals surface area contributed by atoms with Crippen LogP contribution >= 0.6 is 0 Å². The van der Waals surface area contributed by atoms with Crippen LogP contribution in [0.15, 0.2) is 30.3 Å². The quantitative estimate of drug-likeness (QED) is 0.554. The number of halogens is 3. The van der Waals surface area contributed by atoms with Gasteiger partial charge in [-0.3, -0.25) is 4.79 Å². The fourth-order valence-corrected chi connectivity index (χ4v) is 3.95. The van der Waals surface area contributed by atoms with Crippen LogP contribution in [0.5, 0.6) is 5.75 Å². The second-order valence-electron chi connectivity index (χ2n) is 7.80. The Morgan fingerprint density at radius 3 is 2.59 bits per heavy atom. The van der Waals surface area contributed by atoms with Crippen molar-refractivity contribution in [1.29, 1.82) is 0 Å². The molecule has 32 heavy (non-hydrogen) atoms. The zero-order valence-corrected chi connectivity index (χ0v) is 17.2. The monoisotopic (exact) mass is 446 g/mol. The van der Waals surface area contributed by atoms with E-state index in [-0.39, 0.29) is 23.2 Å².